The summed E-state index contributed by atoms with van der Waals surface area (Å²) in [6, 6.07) is 33.7. The van der Waals surface area contributed by atoms with Crippen LogP contribution < -0.4 is 15.9 Å². The second-order valence-electron chi connectivity index (χ2n) is 8.25. The van der Waals surface area contributed by atoms with Crippen LogP contribution in [0.3, 0.4) is 0 Å². The number of benzene rings is 3. The molecular weight excluding hydrogens is 367 g/mol. The van der Waals surface area contributed by atoms with Crippen LogP contribution in [0.4, 0.5) is 0 Å². The molecule has 1 fully saturated rings. The molecule has 0 unspecified atom stereocenters. The highest BCUT2D eigenvalue weighted by atomic mass is 31.2. The Morgan fingerprint density at radius 2 is 1.10 bits per heavy atom. The van der Waals surface area contributed by atoms with Crippen LogP contribution in [0.5, 0.6) is 0 Å². The van der Waals surface area contributed by atoms with Crippen molar-refractivity contribution in [2.75, 3.05) is 0 Å². The van der Waals surface area contributed by atoms with Gasteiger partial charge in [-0.25, -0.2) is 0 Å². The predicted molar refractivity (Wildman–Crippen MR) is 130 cm³/mol. The summed E-state index contributed by atoms with van der Waals surface area (Å²) in [4.78, 5) is 0. The fraction of sp³-hybridized carbons (Fsp3) is 0.286. The first-order valence-corrected chi connectivity index (χ1v) is 12.9. The Balaban J connectivity index is 1.86. The molecule has 0 nitrogen and oxygen atoms in total. The summed E-state index contributed by atoms with van der Waals surface area (Å²) in [6.07, 6.45) is 7.95. The molecule has 0 bridgehead atoms. The van der Waals surface area contributed by atoms with E-state index in [1.54, 1.807) is 5.57 Å². The predicted octanol–water partition coefficient (Wildman–Crippen LogP) is 6.85. The van der Waals surface area contributed by atoms with E-state index >= 15 is 0 Å². The SMILES string of the molecule is CCCC1CCC(=C[P+](c2ccccc2)(c2ccccc2)c2ccccc2)CC1. The molecular formula is C28H32P+. The van der Waals surface area contributed by atoms with Crippen molar-refractivity contribution in [2.45, 2.75) is 45.4 Å². The third kappa shape index (κ3) is 4.39. The largest absolute Gasteiger partial charge is 0.136 e. The van der Waals surface area contributed by atoms with Crippen LogP contribution in [0, 0.1) is 5.92 Å². The van der Waals surface area contributed by atoms with Crippen LogP contribution in [0.2, 0.25) is 0 Å². The molecule has 148 valence electrons. The van der Waals surface area contributed by atoms with Crippen molar-refractivity contribution in [3.63, 3.8) is 0 Å². The minimum absolute atomic E-state index is 0.926. The molecule has 0 atom stereocenters. The van der Waals surface area contributed by atoms with Crippen LogP contribution in [0.1, 0.15) is 45.4 Å². The van der Waals surface area contributed by atoms with E-state index in [1.807, 2.05) is 0 Å². The molecule has 0 spiro atoms. The lowest BCUT2D eigenvalue weighted by Crippen LogP contribution is -2.30. The summed E-state index contributed by atoms with van der Waals surface area (Å²) in [5.41, 5.74) is 1.67. The van der Waals surface area contributed by atoms with Gasteiger partial charge in [0.2, 0.25) is 0 Å². The second kappa shape index (κ2) is 9.55. The van der Waals surface area contributed by atoms with Gasteiger partial charge in [0.25, 0.3) is 0 Å². The fourth-order valence-corrected chi connectivity index (χ4v) is 8.88. The Morgan fingerprint density at radius 3 is 1.48 bits per heavy atom. The number of rotatable bonds is 6. The molecule has 0 radical (unpaired) electrons. The standard InChI is InChI=1S/C28H32P/c1-2-12-24-19-21-25(22-20-24)23-29(26-13-6-3-7-14-26,27-15-8-4-9-16-27)28-17-10-5-11-18-28/h3-11,13-18,23-24H,2,12,19-22H2,1H3/q+1. The lowest BCUT2D eigenvalue weighted by atomic mass is 9.84. The van der Waals surface area contributed by atoms with Crippen LogP contribution >= 0.6 is 7.26 Å². The van der Waals surface area contributed by atoms with Crippen molar-refractivity contribution < 1.29 is 0 Å². The van der Waals surface area contributed by atoms with Gasteiger partial charge < -0.3 is 0 Å². The van der Waals surface area contributed by atoms with Gasteiger partial charge in [0.1, 0.15) is 23.2 Å². The lowest BCUT2D eigenvalue weighted by molar-refractivity contribution is 0.380. The Labute approximate surface area is 177 Å². The zero-order valence-corrected chi connectivity index (χ0v) is 18.4. The minimum Gasteiger partial charge on any atom is -0.0654 e. The van der Waals surface area contributed by atoms with Crippen LogP contribution in [0.25, 0.3) is 0 Å². The molecule has 1 heteroatoms. The van der Waals surface area contributed by atoms with E-state index in [-0.39, 0.29) is 0 Å². The summed E-state index contributed by atoms with van der Waals surface area (Å²) < 4.78 is 0. The highest BCUT2D eigenvalue weighted by molar-refractivity contribution is 7.98. The average molecular weight is 400 g/mol. The number of hydrogen-bond donors (Lipinski definition) is 0. The van der Waals surface area contributed by atoms with Gasteiger partial charge in [0.15, 0.2) is 0 Å². The van der Waals surface area contributed by atoms with Crippen molar-refractivity contribution in [1.82, 2.24) is 0 Å². The Kier molecular flexibility index (Phi) is 6.63. The molecule has 0 aromatic heterocycles. The highest BCUT2D eigenvalue weighted by Crippen LogP contribution is 2.58. The normalized spacial score (nSPS) is 17.1. The smallest absolute Gasteiger partial charge is 0.0654 e. The van der Waals surface area contributed by atoms with Crippen LogP contribution in [-0.2, 0) is 0 Å². The van der Waals surface area contributed by atoms with Gasteiger partial charge in [0.05, 0.1) is 5.82 Å². The van der Waals surface area contributed by atoms with Crippen molar-refractivity contribution in [2.24, 2.45) is 5.92 Å². The van der Waals surface area contributed by atoms with Gasteiger partial charge in [0, 0.05) is 0 Å². The molecule has 1 saturated carbocycles. The van der Waals surface area contributed by atoms with Crippen molar-refractivity contribution in [3.05, 3.63) is 102 Å². The molecule has 0 aliphatic heterocycles. The Hall–Kier alpha value is -2.17. The summed E-state index contributed by atoms with van der Waals surface area (Å²) in [6.45, 7) is 2.32. The van der Waals surface area contributed by atoms with Crippen molar-refractivity contribution in [3.8, 4) is 0 Å². The fourth-order valence-electron chi connectivity index (χ4n) is 4.81. The van der Waals surface area contributed by atoms with E-state index in [2.05, 4.69) is 104 Å². The first-order valence-electron chi connectivity index (χ1n) is 11.1. The maximum absolute atomic E-state index is 2.72. The maximum atomic E-state index is 2.72. The monoisotopic (exact) mass is 399 g/mol. The van der Waals surface area contributed by atoms with E-state index in [4.69, 9.17) is 0 Å². The lowest BCUT2D eigenvalue weighted by Gasteiger charge is -2.28. The maximum Gasteiger partial charge on any atom is 0.136 e. The summed E-state index contributed by atoms with van der Waals surface area (Å²) >= 11 is 0. The molecule has 0 saturated heterocycles. The van der Waals surface area contributed by atoms with E-state index in [1.165, 1.54) is 54.4 Å². The van der Waals surface area contributed by atoms with Gasteiger partial charge in [-0.1, -0.05) is 74.4 Å². The van der Waals surface area contributed by atoms with Gasteiger partial charge in [-0.15, -0.1) is 0 Å². The molecule has 0 amide bonds. The zero-order chi connectivity index (χ0) is 19.9. The van der Waals surface area contributed by atoms with Gasteiger partial charge in [-0.05, 0) is 73.6 Å². The molecule has 4 rings (SSSR count). The van der Waals surface area contributed by atoms with Crippen LogP contribution in [-0.4, -0.2) is 0 Å². The molecule has 1 aliphatic carbocycles. The van der Waals surface area contributed by atoms with Crippen LogP contribution in [0.15, 0.2) is 102 Å². The van der Waals surface area contributed by atoms with E-state index in [0.717, 1.165) is 5.92 Å². The third-order valence-electron chi connectivity index (χ3n) is 6.31. The molecule has 3 aromatic carbocycles. The summed E-state index contributed by atoms with van der Waals surface area (Å²) in [5, 5.41) is 4.38. The molecule has 0 heterocycles. The third-order valence-corrected chi connectivity index (χ3v) is 10.4. The molecule has 29 heavy (non-hydrogen) atoms. The highest BCUT2D eigenvalue weighted by Gasteiger charge is 2.44. The van der Waals surface area contributed by atoms with Gasteiger partial charge in [-0.2, -0.15) is 0 Å². The summed E-state index contributed by atoms with van der Waals surface area (Å²) in [7, 11) is -1.82. The quantitative estimate of drug-likeness (QED) is 0.397. The number of allylic oxidation sites excluding steroid dienone is 1. The first kappa shape index (κ1) is 20.1. The average Bonchev–Trinajstić information content (AvgIpc) is 2.80. The molecule has 1 aliphatic rings. The number of hydrogen-bond acceptors (Lipinski definition) is 0. The minimum atomic E-state index is -1.82. The molecule has 3 aromatic rings. The second-order valence-corrected chi connectivity index (χ2v) is 11.5. The topological polar surface area (TPSA) is 0 Å². The van der Waals surface area contributed by atoms with Crippen molar-refractivity contribution >= 4 is 23.2 Å². The zero-order valence-electron chi connectivity index (χ0n) is 17.5. The Morgan fingerprint density at radius 1 is 0.690 bits per heavy atom. The van der Waals surface area contributed by atoms with E-state index in [9.17, 15) is 0 Å². The Bertz CT molecular complexity index is 806. The van der Waals surface area contributed by atoms with Crippen molar-refractivity contribution in [1.29, 1.82) is 0 Å². The molecule has 0 N–H and O–H groups in total. The first-order chi connectivity index (χ1) is 14.3. The van der Waals surface area contributed by atoms with E-state index in [0.29, 0.717) is 0 Å². The summed E-state index contributed by atoms with van der Waals surface area (Å²) in [5.74, 6) is 3.64. The van der Waals surface area contributed by atoms with Gasteiger partial charge >= 0.3 is 0 Å². The van der Waals surface area contributed by atoms with Gasteiger partial charge in [-0.3, -0.25) is 0 Å². The van der Waals surface area contributed by atoms with E-state index < -0.39 is 7.26 Å².